The van der Waals surface area contributed by atoms with Crippen LogP contribution in [0, 0.1) is 0 Å². The molecule has 0 atom stereocenters. The van der Waals surface area contributed by atoms with Crippen LogP contribution in [0.2, 0.25) is 0 Å². The van der Waals surface area contributed by atoms with Crippen LogP contribution < -0.4 is 5.73 Å². The van der Waals surface area contributed by atoms with E-state index in [1.54, 1.807) is 0 Å². The van der Waals surface area contributed by atoms with Gasteiger partial charge in [0, 0.05) is 5.69 Å². The van der Waals surface area contributed by atoms with Gasteiger partial charge in [-0.1, -0.05) is 6.07 Å². The molecule has 0 spiro atoms. The quantitative estimate of drug-likeness (QED) is 0.598. The molecule has 1 aromatic carbocycles. The summed E-state index contributed by atoms with van der Waals surface area (Å²) in [6.07, 6.45) is 7.56. The highest BCUT2D eigenvalue weighted by atomic mass is 14.6. The fraction of sp³-hybridized carbons (Fsp3) is 0.500. The van der Waals surface area contributed by atoms with Crippen LogP contribution in [0.15, 0.2) is 6.07 Å². The van der Waals surface area contributed by atoms with Gasteiger partial charge in [0.2, 0.25) is 0 Å². The summed E-state index contributed by atoms with van der Waals surface area (Å²) in [7, 11) is 0. The van der Waals surface area contributed by atoms with Crippen LogP contribution in [0.4, 0.5) is 5.69 Å². The van der Waals surface area contributed by atoms with Gasteiger partial charge >= 0.3 is 0 Å². The minimum atomic E-state index is 1.14. The van der Waals surface area contributed by atoms with Crippen LogP contribution in [0.25, 0.3) is 0 Å². The number of fused-ring (bicyclic) bond motifs is 2. The third kappa shape index (κ3) is 0.932. The number of nitrogen functional groups attached to an aromatic ring is 1. The maximum atomic E-state index is 6.19. The number of anilines is 1. The number of aryl methyl sites for hydroxylation is 2. The van der Waals surface area contributed by atoms with Crippen molar-refractivity contribution in [3.05, 3.63) is 28.3 Å². The molecule has 0 heterocycles. The van der Waals surface area contributed by atoms with Crippen LogP contribution >= 0.6 is 0 Å². The third-order valence-corrected chi connectivity index (χ3v) is 3.52. The summed E-state index contributed by atoms with van der Waals surface area (Å²) < 4.78 is 0. The van der Waals surface area contributed by atoms with Gasteiger partial charge in [0.05, 0.1) is 0 Å². The molecule has 1 aromatic rings. The zero-order chi connectivity index (χ0) is 8.84. The van der Waals surface area contributed by atoms with Crippen LogP contribution in [-0.4, -0.2) is 0 Å². The Morgan fingerprint density at radius 3 is 1.92 bits per heavy atom. The lowest BCUT2D eigenvalue weighted by Crippen LogP contribution is -1.99. The van der Waals surface area contributed by atoms with Gasteiger partial charge in [0.1, 0.15) is 0 Å². The molecule has 0 radical (unpaired) electrons. The summed E-state index contributed by atoms with van der Waals surface area (Å²) in [5.74, 6) is 0. The first-order chi connectivity index (χ1) is 6.36. The Hall–Kier alpha value is -0.980. The Labute approximate surface area is 78.9 Å². The first-order valence-electron chi connectivity index (χ1n) is 5.28. The van der Waals surface area contributed by atoms with E-state index >= 15 is 0 Å². The lowest BCUT2D eigenvalue weighted by Gasteiger charge is -2.10. The maximum Gasteiger partial charge on any atom is 0.0384 e. The summed E-state index contributed by atoms with van der Waals surface area (Å²) in [5, 5.41) is 0. The van der Waals surface area contributed by atoms with Crippen LogP contribution in [0.3, 0.4) is 0 Å². The minimum Gasteiger partial charge on any atom is -0.398 e. The van der Waals surface area contributed by atoms with Crippen LogP contribution in [0.1, 0.15) is 35.1 Å². The molecule has 1 nitrogen and oxygen atoms in total. The van der Waals surface area contributed by atoms with Gasteiger partial charge in [-0.15, -0.1) is 0 Å². The summed E-state index contributed by atoms with van der Waals surface area (Å²) in [4.78, 5) is 0. The average Bonchev–Trinajstić information content (AvgIpc) is 2.71. The summed E-state index contributed by atoms with van der Waals surface area (Å²) in [6.45, 7) is 0. The van der Waals surface area contributed by atoms with Crippen molar-refractivity contribution in [2.24, 2.45) is 0 Å². The minimum absolute atomic E-state index is 1.14. The van der Waals surface area contributed by atoms with Crippen molar-refractivity contribution in [3.8, 4) is 0 Å². The van der Waals surface area contributed by atoms with E-state index in [2.05, 4.69) is 6.07 Å². The van der Waals surface area contributed by atoms with Crippen molar-refractivity contribution in [3.63, 3.8) is 0 Å². The van der Waals surface area contributed by atoms with E-state index in [1.807, 2.05) is 0 Å². The molecule has 68 valence electrons. The first kappa shape index (κ1) is 7.43. The molecule has 2 aliphatic carbocycles. The Morgan fingerprint density at radius 1 is 0.846 bits per heavy atom. The van der Waals surface area contributed by atoms with Gasteiger partial charge < -0.3 is 5.73 Å². The molecule has 2 N–H and O–H groups in total. The van der Waals surface area contributed by atoms with E-state index in [4.69, 9.17) is 5.73 Å². The Bertz CT molecular complexity index is 334. The summed E-state index contributed by atoms with van der Waals surface area (Å²) in [5.41, 5.74) is 13.4. The molecule has 2 aliphatic rings. The van der Waals surface area contributed by atoms with E-state index in [1.165, 1.54) is 60.8 Å². The molecule has 0 aromatic heterocycles. The topological polar surface area (TPSA) is 26.0 Å². The number of hydrogen-bond acceptors (Lipinski definition) is 1. The van der Waals surface area contributed by atoms with Gasteiger partial charge in [-0.05, 0) is 60.8 Å². The Kier molecular flexibility index (Phi) is 1.43. The highest BCUT2D eigenvalue weighted by molar-refractivity contribution is 5.63. The van der Waals surface area contributed by atoms with Gasteiger partial charge in [-0.2, -0.15) is 0 Å². The van der Waals surface area contributed by atoms with Crippen molar-refractivity contribution in [1.82, 2.24) is 0 Å². The maximum absolute atomic E-state index is 6.19. The summed E-state index contributed by atoms with van der Waals surface area (Å²) >= 11 is 0. The second-order valence-corrected chi connectivity index (χ2v) is 4.27. The Morgan fingerprint density at radius 2 is 1.38 bits per heavy atom. The van der Waals surface area contributed by atoms with Crippen molar-refractivity contribution in [2.75, 3.05) is 5.73 Å². The highest BCUT2D eigenvalue weighted by Gasteiger charge is 2.21. The number of rotatable bonds is 0. The molecule has 0 bridgehead atoms. The van der Waals surface area contributed by atoms with E-state index < -0.39 is 0 Å². The molecule has 1 heteroatoms. The van der Waals surface area contributed by atoms with E-state index in [0.717, 1.165) is 5.69 Å². The molecular formula is C12H15N. The molecule has 0 aliphatic heterocycles. The molecular weight excluding hydrogens is 158 g/mol. The summed E-state index contributed by atoms with van der Waals surface area (Å²) in [6, 6.07) is 2.42. The van der Waals surface area contributed by atoms with Gasteiger partial charge in [-0.3, -0.25) is 0 Å². The number of nitrogens with two attached hydrogens (primary N) is 1. The fourth-order valence-corrected chi connectivity index (χ4v) is 2.86. The standard InChI is InChI=1S/C12H15N/c13-12-10-5-1-3-8(10)7-9-4-2-6-11(9)12/h7H,1-6,13H2. The first-order valence-corrected chi connectivity index (χ1v) is 5.28. The smallest absolute Gasteiger partial charge is 0.0384 e. The lowest BCUT2D eigenvalue weighted by atomic mass is 9.99. The zero-order valence-corrected chi connectivity index (χ0v) is 7.90. The predicted octanol–water partition coefficient (Wildman–Crippen LogP) is 2.25. The van der Waals surface area contributed by atoms with Crippen LogP contribution in [-0.2, 0) is 25.7 Å². The van der Waals surface area contributed by atoms with Gasteiger partial charge in [0.15, 0.2) is 0 Å². The normalized spacial score (nSPS) is 18.8. The number of hydrogen-bond donors (Lipinski definition) is 1. The van der Waals surface area contributed by atoms with Crippen molar-refractivity contribution < 1.29 is 0 Å². The second kappa shape index (κ2) is 2.50. The Balaban J connectivity index is 2.26. The van der Waals surface area contributed by atoms with Crippen molar-refractivity contribution in [1.29, 1.82) is 0 Å². The monoisotopic (exact) mass is 173 g/mol. The molecule has 13 heavy (non-hydrogen) atoms. The molecule has 0 unspecified atom stereocenters. The van der Waals surface area contributed by atoms with Gasteiger partial charge in [-0.25, -0.2) is 0 Å². The van der Waals surface area contributed by atoms with Gasteiger partial charge in [0.25, 0.3) is 0 Å². The van der Waals surface area contributed by atoms with Crippen molar-refractivity contribution >= 4 is 5.69 Å². The van der Waals surface area contributed by atoms with Crippen molar-refractivity contribution in [2.45, 2.75) is 38.5 Å². The average molecular weight is 173 g/mol. The second-order valence-electron chi connectivity index (χ2n) is 4.27. The van der Waals surface area contributed by atoms with Crippen LogP contribution in [0.5, 0.6) is 0 Å². The lowest BCUT2D eigenvalue weighted by molar-refractivity contribution is 0.898. The molecule has 0 saturated carbocycles. The fourth-order valence-electron chi connectivity index (χ4n) is 2.86. The van der Waals surface area contributed by atoms with E-state index in [9.17, 15) is 0 Å². The van der Waals surface area contributed by atoms with E-state index in [-0.39, 0.29) is 0 Å². The molecule has 0 saturated heterocycles. The molecule has 3 rings (SSSR count). The van der Waals surface area contributed by atoms with E-state index in [0.29, 0.717) is 0 Å². The third-order valence-electron chi connectivity index (χ3n) is 3.52. The molecule has 0 amide bonds. The highest BCUT2D eigenvalue weighted by Crippen LogP contribution is 2.36. The zero-order valence-electron chi connectivity index (χ0n) is 7.90. The molecule has 0 fully saturated rings. The SMILES string of the molecule is Nc1c2c(cc3c1CCC3)CCC2. The largest absolute Gasteiger partial charge is 0.398 e. The number of benzene rings is 1. The predicted molar refractivity (Wildman–Crippen MR) is 54.9 cm³/mol.